The van der Waals surface area contributed by atoms with E-state index in [4.69, 9.17) is 0 Å². The third kappa shape index (κ3) is 2.64. The van der Waals surface area contributed by atoms with Gasteiger partial charge in [-0.2, -0.15) is 0 Å². The second kappa shape index (κ2) is 6.20. The van der Waals surface area contributed by atoms with Crippen LogP contribution in [0.25, 0.3) is 0 Å². The first-order valence-electron chi connectivity index (χ1n) is 9.72. The molecular formula is C19H35NO4. The van der Waals surface area contributed by atoms with Crippen molar-refractivity contribution in [3.8, 4) is 0 Å². The Bertz CT molecular complexity index is 470. The zero-order valence-electron chi connectivity index (χ0n) is 15.4. The van der Waals surface area contributed by atoms with Crippen LogP contribution < -0.4 is 0 Å². The van der Waals surface area contributed by atoms with Crippen molar-refractivity contribution in [3.05, 3.63) is 0 Å². The van der Waals surface area contributed by atoms with E-state index in [-0.39, 0.29) is 30.1 Å². The summed E-state index contributed by atoms with van der Waals surface area (Å²) in [5.74, 6) is 0.248. The lowest BCUT2D eigenvalue weighted by Gasteiger charge is -2.51. The molecule has 0 saturated heterocycles. The number of hydrogen-bond donors (Lipinski definition) is 4. The van der Waals surface area contributed by atoms with Crippen LogP contribution in [-0.4, -0.2) is 68.4 Å². The van der Waals surface area contributed by atoms with Crippen molar-refractivity contribution in [3.63, 3.8) is 0 Å². The fraction of sp³-hybridized carbons (Fsp3) is 1.00. The summed E-state index contributed by atoms with van der Waals surface area (Å²) in [5, 5.41) is 42.8. The smallest absolute Gasteiger partial charge is 0.0990 e. The third-order valence-corrected chi connectivity index (χ3v) is 7.61. The molecule has 7 atom stereocenters. The number of fused-ring (bicyclic) bond motifs is 3. The molecule has 0 amide bonds. The van der Waals surface area contributed by atoms with E-state index < -0.39 is 23.4 Å². The van der Waals surface area contributed by atoms with Gasteiger partial charge in [0.1, 0.15) is 0 Å². The van der Waals surface area contributed by atoms with Gasteiger partial charge in [-0.3, -0.25) is 0 Å². The maximum atomic E-state index is 11.4. The first-order valence-corrected chi connectivity index (χ1v) is 9.72. The second-order valence-corrected chi connectivity index (χ2v) is 8.92. The van der Waals surface area contributed by atoms with Crippen LogP contribution in [-0.2, 0) is 0 Å². The van der Waals surface area contributed by atoms with Gasteiger partial charge in [0, 0.05) is 19.4 Å². The molecule has 3 aliphatic rings. The lowest BCUT2D eigenvalue weighted by atomic mass is 9.60. The monoisotopic (exact) mass is 341 g/mol. The summed E-state index contributed by atoms with van der Waals surface area (Å²) in [5.41, 5.74) is -2.47. The fourth-order valence-electron chi connectivity index (χ4n) is 6.14. The number of aliphatic hydroxyl groups is 4. The van der Waals surface area contributed by atoms with Gasteiger partial charge in [-0.1, -0.05) is 27.2 Å². The van der Waals surface area contributed by atoms with Crippen LogP contribution in [0.5, 0.6) is 0 Å². The zero-order valence-corrected chi connectivity index (χ0v) is 15.4. The molecule has 0 bridgehead atoms. The summed E-state index contributed by atoms with van der Waals surface area (Å²) < 4.78 is 0. The SMILES string of the molecule is CCN(CC)CC1(C)CCCC2C1CC1(O)CC(O)C(O)CC21O. The van der Waals surface area contributed by atoms with E-state index in [2.05, 4.69) is 25.7 Å². The van der Waals surface area contributed by atoms with Crippen LogP contribution >= 0.6 is 0 Å². The summed E-state index contributed by atoms with van der Waals surface area (Å²) in [6.45, 7) is 9.66. The van der Waals surface area contributed by atoms with Crippen molar-refractivity contribution in [1.29, 1.82) is 0 Å². The number of hydrogen-bond acceptors (Lipinski definition) is 5. The Kier molecular flexibility index (Phi) is 4.80. The molecule has 24 heavy (non-hydrogen) atoms. The third-order valence-electron chi connectivity index (χ3n) is 7.61. The zero-order chi connectivity index (χ0) is 17.8. The number of rotatable bonds is 4. The molecule has 0 aliphatic heterocycles. The van der Waals surface area contributed by atoms with E-state index in [0.29, 0.717) is 6.42 Å². The minimum absolute atomic E-state index is 0.0129. The van der Waals surface area contributed by atoms with E-state index in [1.165, 1.54) is 0 Å². The van der Waals surface area contributed by atoms with Crippen LogP contribution in [0.15, 0.2) is 0 Å². The Morgan fingerprint density at radius 3 is 2.21 bits per heavy atom. The molecule has 0 aromatic rings. The lowest BCUT2D eigenvalue weighted by molar-refractivity contribution is -0.221. The van der Waals surface area contributed by atoms with Crippen molar-refractivity contribution < 1.29 is 20.4 Å². The summed E-state index contributed by atoms with van der Waals surface area (Å²) in [6.07, 6.45) is 1.90. The highest BCUT2D eigenvalue weighted by Gasteiger charge is 2.69. The van der Waals surface area contributed by atoms with Gasteiger partial charge >= 0.3 is 0 Å². The minimum atomic E-state index is -1.27. The molecule has 3 saturated carbocycles. The Balaban J connectivity index is 1.90. The van der Waals surface area contributed by atoms with Crippen LogP contribution in [0.3, 0.4) is 0 Å². The maximum Gasteiger partial charge on any atom is 0.0990 e. The van der Waals surface area contributed by atoms with Gasteiger partial charge < -0.3 is 25.3 Å². The predicted molar refractivity (Wildman–Crippen MR) is 92.5 cm³/mol. The molecule has 5 nitrogen and oxygen atoms in total. The Morgan fingerprint density at radius 2 is 1.58 bits per heavy atom. The Hall–Kier alpha value is -0.200. The quantitative estimate of drug-likeness (QED) is 0.616. The summed E-state index contributed by atoms with van der Waals surface area (Å²) in [7, 11) is 0. The van der Waals surface area contributed by atoms with Gasteiger partial charge in [0.25, 0.3) is 0 Å². The predicted octanol–water partition coefficient (Wildman–Crippen LogP) is 1.13. The normalized spacial score (nSPS) is 51.5. The van der Waals surface area contributed by atoms with Gasteiger partial charge in [-0.25, -0.2) is 0 Å². The van der Waals surface area contributed by atoms with E-state index >= 15 is 0 Å². The number of aliphatic hydroxyl groups excluding tert-OH is 2. The summed E-state index contributed by atoms with van der Waals surface area (Å²) in [4.78, 5) is 2.43. The van der Waals surface area contributed by atoms with Crippen molar-refractivity contribution in [2.75, 3.05) is 19.6 Å². The highest BCUT2D eigenvalue weighted by molar-refractivity contribution is 5.20. The van der Waals surface area contributed by atoms with Gasteiger partial charge in [-0.05, 0) is 49.6 Å². The van der Waals surface area contributed by atoms with Gasteiger partial charge in [0.05, 0.1) is 23.4 Å². The van der Waals surface area contributed by atoms with Gasteiger partial charge in [-0.15, -0.1) is 0 Å². The second-order valence-electron chi connectivity index (χ2n) is 8.92. The van der Waals surface area contributed by atoms with Crippen LogP contribution in [0.1, 0.15) is 59.3 Å². The molecule has 0 radical (unpaired) electrons. The van der Waals surface area contributed by atoms with Crippen molar-refractivity contribution in [2.45, 2.75) is 82.7 Å². The molecule has 0 heterocycles. The molecule has 0 aromatic heterocycles. The first kappa shape index (κ1) is 18.6. The Morgan fingerprint density at radius 1 is 0.958 bits per heavy atom. The van der Waals surface area contributed by atoms with Crippen LogP contribution in [0.2, 0.25) is 0 Å². The van der Waals surface area contributed by atoms with E-state index in [9.17, 15) is 20.4 Å². The number of nitrogens with zero attached hydrogens (tertiary/aromatic N) is 1. The molecule has 0 spiro atoms. The molecule has 7 unspecified atom stereocenters. The molecule has 5 heteroatoms. The largest absolute Gasteiger partial charge is 0.390 e. The van der Waals surface area contributed by atoms with E-state index in [1.54, 1.807) is 0 Å². The van der Waals surface area contributed by atoms with Gasteiger partial charge in [0.2, 0.25) is 0 Å². The van der Waals surface area contributed by atoms with Gasteiger partial charge in [0.15, 0.2) is 0 Å². The molecule has 140 valence electrons. The van der Waals surface area contributed by atoms with E-state index in [1.807, 2.05) is 0 Å². The van der Waals surface area contributed by atoms with Crippen LogP contribution in [0, 0.1) is 17.3 Å². The molecule has 0 aromatic carbocycles. The molecule has 4 N–H and O–H groups in total. The van der Waals surface area contributed by atoms with Crippen molar-refractivity contribution in [2.24, 2.45) is 17.3 Å². The minimum Gasteiger partial charge on any atom is -0.390 e. The highest BCUT2D eigenvalue weighted by Crippen LogP contribution is 2.63. The van der Waals surface area contributed by atoms with Crippen molar-refractivity contribution in [1.82, 2.24) is 4.90 Å². The molecule has 3 rings (SSSR count). The van der Waals surface area contributed by atoms with E-state index in [0.717, 1.165) is 38.9 Å². The summed E-state index contributed by atoms with van der Waals surface area (Å²) in [6, 6.07) is 0. The van der Waals surface area contributed by atoms with Crippen LogP contribution in [0.4, 0.5) is 0 Å². The average molecular weight is 341 g/mol. The standard InChI is InChI=1S/C19H35NO4/c1-4-20(5-2)12-17(3)8-6-7-13-14(17)9-18(23)10-15(21)16(22)11-19(13,18)24/h13-16,21-24H,4-12H2,1-3H3. The fourth-order valence-corrected chi connectivity index (χ4v) is 6.14. The average Bonchev–Trinajstić information content (AvgIpc) is 2.75. The Labute approximate surface area is 145 Å². The highest BCUT2D eigenvalue weighted by atomic mass is 16.4. The maximum absolute atomic E-state index is 11.4. The van der Waals surface area contributed by atoms with Crippen molar-refractivity contribution >= 4 is 0 Å². The summed E-state index contributed by atoms with van der Waals surface area (Å²) >= 11 is 0. The lowest BCUT2D eigenvalue weighted by Crippen LogP contribution is -2.62. The molecule has 3 aliphatic carbocycles. The molecule has 3 fully saturated rings. The topological polar surface area (TPSA) is 84.2 Å². The molecular weight excluding hydrogens is 306 g/mol. The first-order chi connectivity index (χ1) is 11.2.